The van der Waals surface area contributed by atoms with Gasteiger partial charge in [0.1, 0.15) is 5.82 Å². The molecule has 22 heavy (non-hydrogen) atoms. The van der Waals surface area contributed by atoms with Crippen molar-refractivity contribution in [1.82, 2.24) is 10.2 Å². The molecule has 2 aliphatic heterocycles. The molecule has 0 spiro atoms. The molecule has 1 amide bonds. The van der Waals surface area contributed by atoms with Crippen molar-refractivity contribution in [3.05, 3.63) is 35.6 Å². The molecule has 3 rings (SSSR count). The van der Waals surface area contributed by atoms with Crippen molar-refractivity contribution >= 4 is 18.3 Å². The second-order valence-corrected chi connectivity index (χ2v) is 6.37. The molecule has 2 unspecified atom stereocenters. The number of halogens is 2. The normalized spacial score (nSPS) is 22.8. The average molecular weight is 327 g/mol. The van der Waals surface area contributed by atoms with Gasteiger partial charge >= 0.3 is 0 Å². The zero-order valence-corrected chi connectivity index (χ0v) is 13.7. The van der Waals surface area contributed by atoms with E-state index >= 15 is 0 Å². The summed E-state index contributed by atoms with van der Waals surface area (Å²) in [6.07, 6.45) is 2.85. The minimum absolute atomic E-state index is 0. The Hall–Kier alpha value is -1.13. The standard InChI is InChI=1S/C17H23FN2O.ClH/c1-12(14-10-19-11-14)17(21)20-7-3-6-16(20)9-13-4-2-5-15(18)8-13;/h2,4-5,8,12,14,16,19H,3,6-7,9-11H2,1H3;1H. The summed E-state index contributed by atoms with van der Waals surface area (Å²) in [5, 5.41) is 3.23. The Balaban J connectivity index is 0.00000176. The number of benzene rings is 1. The van der Waals surface area contributed by atoms with E-state index in [2.05, 4.69) is 5.32 Å². The molecule has 1 aromatic carbocycles. The molecule has 0 saturated carbocycles. The van der Waals surface area contributed by atoms with Gasteiger partial charge in [0.15, 0.2) is 0 Å². The third-order valence-corrected chi connectivity index (χ3v) is 4.93. The van der Waals surface area contributed by atoms with Crippen molar-refractivity contribution in [2.75, 3.05) is 19.6 Å². The molecule has 0 aliphatic carbocycles. The minimum Gasteiger partial charge on any atom is -0.339 e. The largest absolute Gasteiger partial charge is 0.339 e. The summed E-state index contributed by atoms with van der Waals surface area (Å²) in [5.74, 6) is 0.657. The number of carbonyl (C=O) groups is 1. The van der Waals surface area contributed by atoms with Gasteiger partial charge in [0.25, 0.3) is 0 Å². The topological polar surface area (TPSA) is 32.3 Å². The number of nitrogens with zero attached hydrogens (tertiary/aromatic N) is 1. The molecule has 122 valence electrons. The average Bonchev–Trinajstić information content (AvgIpc) is 2.84. The minimum atomic E-state index is -0.197. The van der Waals surface area contributed by atoms with Gasteiger partial charge < -0.3 is 10.2 Å². The van der Waals surface area contributed by atoms with Crippen LogP contribution in [0.1, 0.15) is 25.3 Å². The Morgan fingerprint density at radius 2 is 2.23 bits per heavy atom. The maximum absolute atomic E-state index is 13.3. The smallest absolute Gasteiger partial charge is 0.226 e. The number of likely N-dealkylation sites (tertiary alicyclic amines) is 1. The molecule has 0 aromatic heterocycles. The van der Waals surface area contributed by atoms with Crippen LogP contribution in [0.4, 0.5) is 4.39 Å². The van der Waals surface area contributed by atoms with Crippen LogP contribution in [0.15, 0.2) is 24.3 Å². The van der Waals surface area contributed by atoms with Crippen molar-refractivity contribution in [3.8, 4) is 0 Å². The molecule has 2 fully saturated rings. The first-order chi connectivity index (χ1) is 10.1. The summed E-state index contributed by atoms with van der Waals surface area (Å²) >= 11 is 0. The fraction of sp³-hybridized carbons (Fsp3) is 0.588. The van der Waals surface area contributed by atoms with Crippen molar-refractivity contribution in [3.63, 3.8) is 0 Å². The first-order valence-electron chi connectivity index (χ1n) is 7.91. The molecule has 2 heterocycles. The van der Waals surface area contributed by atoms with Crippen LogP contribution in [0.25, 0.3) is 0 Å². The van der Waals surface area contributed by atoms with Crippen LogP contribution in [0.5, 0.6) is 0 Å². The number of hydrogen-bond donors (Lipinski definition) is 1. The van der Waals surface area contributed by atoms with E-state index in [0.717, 1.165) is 44.5 Å². The van der Waals surface area contributed by atoms with Gasteiger partial charge in [-0.15, -0.1) is 12.4 Å². The van der Waals surface area contributed by atoms with Crippen LogP contribution >= 0.6 is 12.4 Å². The van der Waals surface area contributed by atoms with E-state index in [1.54, 1.807) is 12.1 Å². The van der Waals surface area contributed by atoms with Crippen molar-refractivity contribution in [1.29, 1.82) is 0 Å². The zero-order chi connectivity index (χ0) is 14.8. The highest BCUT2D eigenvalue weighted by molar-refractivity contribution is 5.85. The lowest BCUT2D eigenvalue weighted by atomic mass is 9.87. The predicted octanol–water partition coefficient (Wildman–Crippen LogP) is 2.64. The fourth-order valence-corrected chi connectivity index (χ4v) is 3.40. The zero-order valence-electron chi connectivity index (χ0n) is 12.9. The lowest BCUT2D eigenvalue weighted by Gasteiger charge is -2.35. The molecule has 2 atom stereocenters. The van der Waals surface area contributed by atoms with Gasteiger partial charge in [0.2, 0.25) is 5.91 Å². The highest BCUT2D eigenvalue weighted by Crippen LogP contribution is 2.26. The summed E-state index contributed by atoms with van der Waals surface area (Å²) in [6, 6.07) is 6.97. The first kappa shape index (κ1) is 17.2. The van der Waals surface area contributed by atoms with Crippen LogP contribution in [0, 0.1) is 17.7 Å². The maximum atomic E-state index is 13.3. The maximum Gasteiger partial charge on any atom is 0.226 e. The SMILES string of the molecule is CC(C(=O)N1CCCC1Cc1cccc(F)c1)C1CNC1.Cl. The van der Waals surface area contributed by atoms with Crippen molar-refractivity contribution in [2.45, 2.75) is 32.2 Å². The third kappa shape index (κ3) is 3.61. The number of amides is 1. The molecule has 2 saturated heterocycles. The van der Waals surface area contributed by atoms with E-state index in [1.165, 1.54) is 6.07 Å². The molecular formula is C17H24ClFN2O. The predicted molar refractivity (Wildman–Crippen MR) is 87.6 cm³/mol. The molecule has 1 aromatic rings. The number of nitrogens with one attached hydrogen (secondary N) is 1. The molecular weight excluding hydrogens is 303 g/mol. The van der Waals surface area contributed by atoms with Gasteiger partial charge in [0.05, 0.1) is 0 Å². The number of rotatable bonds is 4. The van der Waals surface area contributed by atoms with Gasteiger partial charge in [-0.05, 0) is 56.0 Å². The summed E-state index contributed by atoms with van der Waals surface area (Å²) in [5.41, 5.74) is 0.984. The van der Waals surface area contributed by atoms with E-state index in [9.17, 15) is 9.18 Å². The van der Waals surface area contributed by atoms with Crippen LogP contribution < -0.4 is 5.32 Å². The van der Waals surface area contributed by atoms with Crippen LogP contribution in [-0.2, 0) is 11.2 Å². The number of hydrogen-bond acceptors (Lipinski definition) is 2. The Morgan fingerprint density at radius 3 is 2.86 bits per heavy atom. The van der Waals surface area contributed by atoms with E-state index in [4.69, 9.17) is 0 Å². The summed E-state index contributed by atoms with van der Waals surface area (Å²) in [7, 11) is 0. The van der Waals surface area contributed by atoms with E-state index in [1.807, 2.05) is 17.9 Å². The molecule has 2 aliphatic rings. The third-order valence-electron chi connectivity index (χ3n) is 4.93. The number of carbonyl (C=O) groups excluding carboxylic acids is 1. The van der Waals surface area contributed by atoms with Gasteiger partial charge in [-0.2, -0.15) is 0 Å². The van der Waals surface area contributed by atoms with Crippen molar-refractivity contribution in [2.24, 2.45) is 11.8 Å². The Morgan fingerprint density at radius 1 is 1.45 bits per heavy atom. The van der Waals surface area contributed by atoms with Gasteiger partial charge in [0, 0.05) is 18.5 Å². The fourth-order valence-electron chi connectivity index (χ4n) is 3.40. The summed E-state index contributed by atoms with van der Waals surface area (Å²) in [6.45, 7) is 4.80. The van der Waals surface area contributed by atoms with Gasteiger partial charge in [-0.1, -0.05) is 19.1 Å². The monoisotopic (exact) mass is 326 g/mol. The Bertz CT molecular complexity index is 521. The lowest BCUT2D eigenvalue weighted by molar-refractivity contribution is -0.138. The molecule has 0 bridgehead atoms. The van der Waals surface area contributed by atoms with Gasteiger partial charge in [-0.25, -0.2) is 4.39 Å². The lowest BCUT2D eigenvalue weighted by Crippen LogP contribution is -2.51. The first-order valence-corrected chi connectivity index (χ1v) is 7.91. The summed E-state index contributed by atoms with van der Waals surface area (Å²) in [4.78, 5) is 14.7. The molecule has 3 nitrogen and oxygen atoms in total. The summed E-state index contributed by atoms with van der Waals surface area (Å²) < 4.78 is 13.3. The molecule has 5 heteroatoms. The molecule has 0 radical (unpaired) electrons. The van der Waals surface area contributed by atoms with Crippen LogP contribution in [0.3, 0.4) is 0 Å². The van der Waals surface area contributed by atoms with Gasteiger partial charge in [-0.3, -0.25) is 4.79 Å². The highest BCUT2D eigenvalue weighted by Gasteiger charge is 2.36. The van der Waals surface area contributed by atoms with E-state index in [0.29, 0.717) is 5.92 Å². The van der Waals surface area contributed by atoms with Crippen molar-refractivity contribution < 1.29 is 9.18 Å². The van der Waals surface area contributed by atoms with E-state index < -0.39 is 0 Å². The van der Waals surface area contributed by atoms with Crippen LogP contribution in [0.2, 0.25) is 0 Å². The Kier molecular flexibility index (Phi) is 5.81. The second kappa shape index (κ2) is 7.42. The second-order valence-electron chi connectivity index (χ2n) is 6.37. The molecule has 1 N–H and O–H groups in total. The highest BCUT2D eigenvalue weighted by atomic mass is 35.5. The van der Waals surface area contributed by atoms with E-state index in [-0.39, 0.29) is 36.1 Å². The van der Waals surface area contributed by atoms with Crippen LogP contribution in [-0.4, -0.2) is 36.5 Å². The quantitative estimate of drug-likeness (QED) is 0.922. The Labute approximate surface area is 137 Å².